The molecule has 3 N–H and O–H groups in total. The molecule has 1 saturated heterocycles. The van der Waals surface area contributed by atoms with Gasteiger partial charge in [0.15, 0.2) is 0 Å². The SMILES string of the molecule is CN[C@@H]1CCN(c2ccnc(NCC(C)O)c2)C1. The number of anilines is 2. The van der Waals surface area contributed by atoms with Crippen molar-refractivity contribution in [3.8, 4) is 0 Å². The molecule has 5 nitrogen and oxygen atoms in total. The Balaban J connectivity index is 1.99. The number of likely N-dealkylation sites (N-methyl/N-ethyl adjacent to an activating group) is 1. The van der Waals surface area contributed by atoms with Gasteiger partial charge >= 0.3 is 0 Å². The van der Waals surface area contributed by atoms with Crippen molar-refractivity contribution in [2.24, 2.45) is 0 Å². The second-order valence-corrected chi connectivity index (χ2v) is 4.85. The number of aliphatic hydroxyl groups excluding tert-OH is 1. The molecule has 1 unspecified atom stereocenters. The highest BCUT2D eigenvalue weighted by Gasteiger charge is 2.21. The predicted molar refractivity (Wildman–Crippen MR) is 74.1 cm³/mol. The maximum atomic E-state index is 9.25. The Morgan fingerprint density at radius 2 is 2.44 bits per heavy atom. The van der Waals surface area contributed by atoms with Gasteiger partial charge in [-0.05, 0) is 26.5 Å². The minimum Gasteiger partial charge on any atom is -0.392 e. The largest absolute Gasteiger partial charge is 0.392 e. The van der Waals surface area contributed by atoms with Gasteiger partial charge in [-0.3, -0.25) is 0 Å². The summed E-state index contributed by atoms with van der Waals surface area (Å²) in [4.78, 5) is 6.61. The lowest BCUT2D eigenvalue weighted by Gasteiger charge is -2.19. The molecule has 18 heavy (non-hydrogen) atoms. The van der Waals surface area contributed by atoms with Crippen LogP contribution in [-0.2, 0) is 0 Å². The van der Waals surface area contributed by atoms with Crippen molar-refractivity contribution in [2.75, 3.05) is 36.9 Å². The van der Waals surface area contributed by atoms with E-state index in [2.05, 4.69) is 20.5 Å². The van der Waals surface area contributed by atoms with Crippen LogP contribution in [0.4, 0.5) is 11.5 Å². The molecule has 0 bridgehead atoms. The van der Waals surface area contributed by atoms with Crippen LogP contribution in [0, 0.1) is 0 Å². The Morgan fingerprint density at radius 3 is 3.11 bits per heavy atom. The van der Waals surface area contributed by atoms with Crippen molar-refractivity contribution in [2.45, 2.75) is 25.5 Å². The Bertz CT molecular complexity index is 383. The first kappa shape index (κ1) is 13.1. The number of aliphatic hydroxyl groups is 1. The number of hydrogen-bond acceptors (Lipinski definition) is 5. The van der Waals surface area contributed by atoms with Gasteiger partial charge in [-0.1, -0.05) is 0 Å². The van der Waals surface area contributed by atoms with E-state index in [0.717, 1.165) is 18.9 Å². The van der Waals surface area contributed by atoms with Gasteiger partial charge < -0.3 is 20.6 Å². The first-order chi connectivity index (χ1) is 8.69. The number of nitrogens with zero attached hydrogens (tertiary/aromatic N) is 2. The first-order valence-corrected chi connectivity index (χ1v) is 6.49. The van der Waals surface area contributed by atoms with Crippen LogP contribution in [0.15, 0.2) is 18.3 Å². The molecule has 5 heteroatoms. The van der Waals surface area contributed by atoms with Gasteiger partial charge in [0.25, 0.3) is 0 Å². The lowest BCUT2D eigenvalue weighted by Crippen LogP contribution is -2.29. The van der Waals surface area contributed by atoms with E-state index in [1.807, 2.05) is 25.4 Å². The van der Waals surface area contributed by atoms with E-state index in [1.165, 1.54) is 12.1 Å². The van der Waals surface area contributed by atoms with Crippen molar-refractivity contribution >= 4 is 11.5 Å². The minimum absolute atomic E-state index is 0.365. The van der Waals surface area contributed by atoms with E-state index in [4.69, 9.17) is 0 Å². The van der Waals surface area contributed by atoms with Crippen LogP contribution in [0.3, 0.4) is 0 Å². The van der Waals surface area contributed by atoms with Crippen LogP contribution in [0.2, 0.25) is 0 Å². The Morgan fingerprint density at radius 1 is 1.61 bits per heavy atom. The standard InChI is InChI=1S/C13H22N4O/c1-10(18)8-16-13-7-12(3-5-15-13)17-6-4-11(9-17)14-2/h3,5,7,10-11,14,18H,4,6,8-9H2,1-2H3,(H,15,16)/t10?,11-/m1/s1. The highest BCUT2D eigenvalue weighted by atomic mass is 16.3. The van der Waals surface area contributed by atoms with Crippen LogP contribution in [0.1, 0.15) is 13.3 Å². The quantitative estimate of drug-likeness (QED) is 0.717. The van der Waals surface area contributed by atoms with Gasteiger partial charge in [0.05, 0.1) is 6.10 Å². The topological polar surface area (TPSA) is 60.4 Å². The molecule has 1 aliphatic rings. The molecule has 2 heterocycles. The molecule has 2 atom stereocenters. The van der Waals surface area contributed by atoms with Gasteiger partial charge in [0, 0.05) is 43.6 Å². The smallest absolute Gasteiger partial charge is 0.128 e. The molecule has 2 rings (SSSR count). The van der Waals surface area contributed by atoms with Gasteiger partial charge in [0.2, 0.25) is 0 Å². The molecule has 0 amide bonds. The number of hydrogen-bond donors (Lipinski definition) is 3. The van der Waals surface area contributed by atoms with Crippen molar-refractivity contribution in [1.82, 2.24) is 10.3 Å². The van der Waals surface area contributed by atoms with Crippen LogP contribution >= 0.6 is 0 Å². The second-order valence-electron chi connectivity index (χ2n) is 4.85. The third-order valence-electron chi connectivity index (χ3n) is 3.28. The summed E-state index contributed by atoms with van der Waals surface area (Å²) in [7, 11) is 2.01. The van der Waals surface area contributed by atoms with Crippen LogP contribution in [0.25, 0.3) is 0 Å². The third-order valence-corrected chi connectivity index (χ3v) is 3.28. The molecule has 0 aromatic carbocycles. The van der Waals surface area contributed by atoms with Gasteiger partial charge in [0.1, 0.15) is 5.82 Å². The zero-order valence-corrected chi connectivity index (χ0v) is 11.1. The molecular weight excluding hydrogens is 228 g/mol. The average Bonchev–Trinajstić information content (AvgIpc) is 2.85. The van der Waals surface area contributed by atoms with E-state index in [1.54, 1.807) is 6.92 Å². The number of nitrogens with one attached hydrogen (secondary N) is 2. The Labute approximate surface area is 108 Å². The van der Waals surface area contributed by atoms with Crippen molar-refractivity contribution in [3.05, 3.63) is 18.3 Å². The van der Waals surface area contributed by atoms with Gasteiger partial charge in [-0.25, -0.2) is 4.98 Å². The van der Waals surface area contributed by atoms with Crippen LogP contribution < -0.4 is 15.5 Å². The average molecular weight is 250 g/mol. The van der Waals surface area contributed by atoms with Crippen molar-refractivity contribution in [3.63, 3.8) is 0 Å². The van der Waals surface area contributed by atoms with Gasteiger partial charge in [-0.2, -0.15) is 0 Å². The summed E-state index contributed by atoms with van der Waals surface area (Å²) < 4.78 is 0. The summed E-state index contributed by atoms with van der Waals surface area (Å²) >= 11 is 0. The van der Waals surface area contributed by atoms with E-state index >= 15 is 0 Å². The monoisotopic (exact) mass is 250 g/mol. The zero-order valence-electron chi connectivity index (χ0n) is 11.1. The maximum Gasteiger partial charge on any atom is 0.128 e. The summed E-state index contributed by atoms with van der Waals surface area (Å²) in [6.45, 7) is 4.39. The van der Waals surface area contributed by atoms with Crippen LogP contribution in [-0.4, -0.2) is 48.9 Å². The second kappa shape index (κ2) is 6.02. The number of pyridine rings is 1. The lowest BCUT2D eigenvalue weighted by molar-refractivity contribution is 0.208. The molecule has 0 spiro atoms. The number of aromatic nitrogens is 1. The van der Waals surface area contributed by atoms with E-state index < -0.39 is 0 Å². The highest BCUT2D eigenvalue weighted by molar-refractivity contribution is 5.54. The Kier molecular flexibility index (Phi) is 4.38. The summed E-state index contributed by atoms with van der Waals surface area (Å²) in [6, 6.07) is 4.65. The summed E-state index contributed by atoms with van der Waals surface area (Å²) in [5, 5.41) is 15.7. The summed E-state index contributed by atoms with van der Waals surface area (Å²) in [5.41, 5.74) is 1.19. The normalized spacial score (nSPS) is 21.1. The molecule has 1 aromatic heterocycles. The number of rotatable bonds is 5. The molecule has 1 aromatic rings. The molecule has 0 saturated carbocycles. The molecular formula is C13H22N4O. The van der Waals surface area contributed by atoms with Crippen molar-refractivity contribution < 1.29 is 5.11 Å². The highest BCUT2D eigenvalue weighted by Crippen LogP contribution is 2.21. The zero-order chi connectivity index (χ0) is 13.0. The van der Waals surface area contributed by atoms with E-state index in [0.29, 0.717) is 12.6 Å². The molecule has 1 aliphatic heterocycles. The molecule has 0 radical (unpaired) electrons. The fourth-order valence-corrected chi connectivity index (χ4v) is 2.20. The predicted octanol–water partition coefficient (Wildman–Crippen LogP) is 0.672. The summed E-state index contributed by atoms with van der Waals surface area (Å²) in [6.07, 6.45) is 2.62. The van der Waals surface area contributed by atoms with E-state index in [-0.39, 0.29) is 6.10 Å². The Hall–Kier alpha value is -1.33. The van der Waals surface area contributed by atoms with E-state index in [9.17, 15) is 5.11 Å². The fourth-order valence-electron chi connectivity index (χ4n) is 2.20. The third kappa shape index (κ3) is 3.34. The van der Waals surface area contributed by atoms with Gasteiger partial charge in [-0.15, -0.1) is 0 Å². The van der Waals surface area contributed by atoms with Crippen LogP contribution in [0.5, 0.6) is 0 Å². The fraction of sp³-hybridized carbons (Fsp3) is 0.615. The minimum atomic E-state index is -0.365. The maximum absolute atomic E-state index is 9.25. The molecule has 1 fully saturated rings. The molecule has 0 aliphatic carbocycles. The molecule has 100 valence electrons. The van der Waals surface area contributed by atoms with Crippen molar-refractivity contribution in [1.29, 1.82) is 0 Å². The lowest BCUT2D eigenvalue weighted by atomic mass is 10.3. The first-order valence-electron chi connectivity index (χ1n) is 6.49. The summed E-state index contributed by atoms with van der Waals surface area (Å²) in [5.74, 6) is 0.821.